The molecule has 1 N–H and O–H groups in total. The zero-order valence-electron chi connectivity index (χ0n) is 20.6. The van der Waals surface area contributed by atoms with E-state index in [0.717, 1.165) is 35.5 Å². The summed E-state index contributed by atoms with van der Waals surface area (Å²) in [6.45, 7) is 4.50. The molecule has 2 aromatic rings. The summed E-state index contributed by atoms with van der Waals surface area (Å²) in [7, 11) is 0. The van der Waals surface area contributed by atoms with Crippen LogP contribution in [0.1, 0.15) is 102 Å². The summed E-state index contributed by atoms with van der Waals surface area (Å²) in [4.78, 5) is 12.1. The molecule has 1 atom stereocenters. The van der Waals surface area contributed by atoms with Crippen molar-refractivity contribution in [1.29, 1.82) is 0 Å². The van der Waals surface area contributed by atoms with E-state index in [1.165, 1.54) is 87.6 Å². The Bertz CT molecular complexity index is 775. The van der Waals surface area contributed by atoms with E-state index in [9.17, 15) is 4.89 Å². The van der Waals surface area contributed by atoms with Crippen molar-refractivity contribution in [3.63, 3.8) is 0 Å². The van der Waals surface area contributed by atoms with Crippen molar-refractivity contribution < 1.29 is 9.42 Å². The van der Waals surface area contributed by atoms with Crippen molar-refractivity contribution in [2.45, 2.75) is 109 Å². The molecule has 0 aliphatic carbocycles. The Balaban J connectivity index is 1.92. The number of hydrogen-bond donors (Lipinski definition) is 1. The van der Waals surface area contributed by atoms with Crippen molar-refractivity contribution in [1.82, 2.24) is 0 Å². The van der Waals surface area contributed by atoms with E-state index in [0.29, 0.717) is 0 Å². The molecule has 0 aliphatic rings. The van der Waals surface area contributed by atoms with Gasteiger partial charge in [-0.25, -0.2) is 0 Å². The third-order valence-corrected chi connectivity index (χ3v) is 9.63. The lowest BCUT2D eigenvalue weighted by atomic mass is 10.0. The fourth-order valence-electron chi connectivity index (χ4n) is 4.06. The molecule has 1 unspecified atom stereocenters. The quantitative estimate of drug-likeness (QED) is 0.161. The van der Waals surface area contributed by atoms with E-state index in [1.807, 2.05) is 24.3 Å². The molecule has 0 bridgehead atoms. The third kappa shape index (κ3) is 11.9. The van der Waals surface area contributed by atoms with Gasteiger partial charge < -0.3 is 9.42 Å². The SMILES string of the molecule is CCCCCCCCc1ccccc1OP(O)(=S)Sc1ccccc1CCCCCCCC. The first-order chi connectivity index (χ1) is 16.1. The van der Waals surface area contributed by atoms with Gasteiger partial charge >= 0.3 is 0 Å². The van der Waals surface area contributed by atoms with Crippen molar-refractivity contribution in [3.8, 4) is 5.75 Å². The minimum Gasteiger partial charge on any atom is -0.436 e. The summed E-state index contributed by atoms with van der Waals surface area (Å²) in [5.41, 5.74) is -0.629. The Labute approximate surface area is 211 Å². The zero-order chi connectivity index (χ0) is 23.8. The summed E-state index contributed by atoms with van der Waals surface area (Å²) in [5, 5.41) is 0. The van der Waals surface area contributed by atoms with E-state index in [1.54, 1.807) is 0 Å². The van der Waals surface area contributed by atoms with E-state index in [-0.39, 0.29) is 0 Å². The summed E-state index contributed by atoms with van der Waals surface area (Å²) in [6.07, 6.45) is 17.3. The standard InChI is InChI=1S/C28H43O2PS2/c1-3-5-7-9-11-13-19-25-20-15-17-23-27(25)30-31(29,32)33-28-24-18-16-22-26(28)21-14-12-10-8-6-4-2/h15-18,20,22-24H,3-14,19,21H2,1-2H3,(H,29,32). The molecular formula is C28H43O2PS2. The van der Waals surface area contributed by atoms with Gasteiger partial charge in [0.1, 0.15) is 5.75 Å². The highest BCUT2D eigenvalue weighted by Crippen LogP contribution is 2.60. The molecule has 0 aliphatic heterocycles. The van der Waals surface area contributed by atoms with Crippen LogP contribution in [0.4, 0.5) is 0 Å². The maximum absolute atomic E-state index is 11.1. The Hall–Kier alpha value is -0.800. The molecule has 0 radical (unpaired) electrons. The maximum atomic E-state index is 11.1. The summed E-state index contributed by atoms with van der Waals surface area (Å²) < 4.78 is 6.10. The molecule has 0 aromatic heterocycles. The molecular weight excluding hydrogens is 463 g/mol. The molecule has 2 aromatic carbocycles. The minimum absolute atomic E-state index is 0.748. The van der Waals surface area contributed by atoms with Gasteiger partial charge in [-0.15, -0.1) is 0 Å². The number of para-hydroxylation sites is 1. The predicted molar refractivity (Wildman–Crippen MR) is 150 cm³/mol. The topological polar surface area (TPSA) is 29.5 Å². The molecule has 184 valence electrons. The van der Waals surface area contributed by atoms with Crippen LogP contribution in [0.15, 0.2) is 53.4 Å². The second-order valence-corrected chi connectivity index (χ2v) is 14.9. The van der Waals surface area contributed by atoms with E-state index in [4.69, 9.17) is 16.3 Å². The van der Waals surface area contributed by atoms with E-state index in [2.05, 4.69) is 38.1 Å². The summed E-state index contributed by atoms with van der Waals surface area (Å²) in [5.74, 6) is 0.748. The monoisotopic (exact) mass is 506 g/mol. The van der Waals surface area contributed by atoms with Crippen LogP contribution in [-0.2, 0) is 24.6 Å². The molecule has 0 amide bonds. The lowest BCUT2D eigenvalue weighted by molar-refractivity contribution is 0.498. The lowest BCUT2D eigenvalue weighted by Gasteiger charge is -2.20. The van der Waals surface area contributed by atoms with E-state index >= 15 is 0 Å². The molecule has 2 nitrogen and oxygen atoms in total. The zero-order valence-corrected chi connectivity index (χ0v) is 23.2. The molecule has 33 heavy (non-hydrogen) atoms. The predicted octanol–water partition coefficient (Wildman–Crippen LogP) is 9.88. The Morgan fingerprint density at radius 1 is 0.697 bits per heavy atom. The van der Waals surface area contributed by atoms with Gasteiger partial charge in [0.2, 0.25) is 0 Å². The Kier molecular flexibility index (Phi) is 14.4. The number of rotatable bonds is 18. The molecule has 5 heteroatoms. The second kappa shape index (κ2) is 16.8. The molecule has 0 saturated carbocycles. The first kappa shape index (κ1) is 28.4. The van der Waals surface area contributed by atoms with Gasteiger partial charge in [0.15, 0.2) is 0 Å². The van der Waals surface area contributed by atoms with Gasteiger partial charge in [-0.2, -0.15) is 0 Å². The summed E-state index contributed by atoms with van der Waals surface area (Å²) >= 11 is 6.95. The van der Waals surface area contributed by atoms with Crippen LogP contribution in [0.3, 0.4) is 0 Å². The molecule has 0 saturated heterocycles. The number of benzene rings is 2. The second-order valence-electron chi connectivity index (χ2n) is 8.90. The lowest BCUT2D eigenvalue weighted by Crippen LogP contribution is -1.96. The normalized spacial score (nSPS) is 13.1. The van der Waals surface area contributed by atoms with Gasteiger partial charge in [0.05, 0.1) is 0 Å². The van der Waals surface area contributed by atoms with Gasteiger partial charge in [-0.05, 0) is 72.1 Å². The molecule has 0 fully saturated rings. The van der Waals surface area contributed by atoms with Crippen LogP contribution in [0, 0.1) is 0 Å². The summed E-state index contributed by atoms with van der Waals surface area (Å²) in [6, 6.07) is 16.4. The average molecular weight is 507 g/mol. The van der Waals surface area contributed by atoms with Crippen LogP contribution in [0.5, 0.6) is 5.75 Å². The molecule has 2 rings (SSSR count). The number of unbranched alkanes of at least 4 members (excludes halogenated alkanes) is 10. The minimum atomic E-state index is -3.05. The van der Waals surface area contributed by atoms with Crippen LogP contribution in [0.25, 0.3) is 0 Å². The van der Waals surface area contributed by atoms with Crippen molar-refractivity contribution >= 4 is 28.9 Å². The Morgan fingerprint density at radius 2 is 1.18 bits per heavy atom. The van der Waals surface area contributed by atoms with Crippen molar-refractivity contribution in [2.24, 2.45) is 0 Å². The molecule has 0 spiro atoms. The van der Waals surface area contributed by atoms with Crippen LogP contribution in [0.2, 0.25) is 0 Å². The number of aryl methyl sites for hydroxylation is 2. The third-order valence-electron chi connectivity index (χ3n) is 5.97. The van der Waals surface area contributed by atoms with Crippen molar-refractivity contribution in [3.05, 3.63) is 59.7 Å². The van der Waals surface area contributed by atoms with Gasteiger partial charge in [-0.3, -0.25) is 0 Å². The first-order valence-corrected chi connectivity index (χ1v) is 17.0. The van der Waals surface area contributed by atoms with Crippen LogP contribution < -0.4 is 4.52 Å². The fraction of sp³-hybridized carbons (Fsp3) is 0.571. The largest absolute Gasteiger partial charge is 0.436 e. The fourth-order valence-corrected chi connectivity index (χ4v) is 7.79. The molecule has 0 heterocycles. The van der Waals surface area contributed by atoms with Crippen molar-refractivity contribution in [2.75, 3.05) is 0 Å². The Morgan fingerprint density at radius 3 is 1.82 bits per heavy atom. The number of hydrogen-bond acceptors (Lipinski definition) is 3. The highest BCUT2D eigenvalue weighted by Gasteiger charge is 2.21. The van der Waals surface area contributed by atoms with Gasteiger partial charge in [0.25, 0.3) is 5.69 Å². The highest BCUT2D eigenvalue weighted by atomic mass is 32.9. The van der Waals surface area contributed by atoms with E-state index < -0.39 is 5.69 Å². The first-order valence-electron chi connectivity index (χ1n) is 12.9. The highest BCUT2D eigenvalue weighted by molar-refractivity contribution is 8.67. The average Bonchev–Trinajstić information content (AvgIpc) is 2.80. The van der Waals surface area contributed by atoms with Crippen LogP contribution in [-0.4, -0.2) is 4.89 Å². The maximum Gasteiger partial charge on any atom is 0.299 e. The smallest absolute Gasteiger partial charge is 0.299 e. The van der Waals surface area contributed by atoms with Crippen LogP contribution >= 0.6 is 17.1 Å². The van der Waals surface area contributed by atoms with Gasteiger partial charge in [0, 0.05) is 4.90 Å². The van der Waals surface area contributed by atoms with Gasteiger partial charge in [-0.1, -0.05) is 114 Å².